The van der Waals surface area contributed by atoms with Gasteiger partial charge in [-0.1, -0.05) is 24.3 Å². The molecule has 0 aliphatic carbocycles. The number of hydrogen-bond donors (Lipinski definition) is 3. The lowest BCUT2D eigenvalue weighted by Gasteiger charge is -2.15. The molecule has 4 aromatic rings. The lowest BCUT2D eigenvalue weighted by atomic mass is 10.0. The number of hydrogen-bond acceptors (Lipinski definition) is 4. The smallest absolute Gasteiger partial charge is 0.306 e. The molecule has 0 spiro atoms. The molecule has 0 saturated carbocycles. The molecule has 2 aromatic carbocycles. The monoisotopic (exact) mass is 345 g/mol. The number of imidazole rings is 1. The van der Waals surface area contributed by atoms with Gasteiger partial charge in [-0.05, 0) is 41.8 Å². The molecular formula is C20H19N5O. The average molecular weight is 345 g/mol. The number of rotatable bonds is 5. The topological polar surface area (TPSA) is 86.5 Å². The largest absolute Gasteiger partial charge is 0.323 e. The summed E-state index contributed by atoms with van der Waals surface area (Å²) < 4.78 is 0. The zero-order valence-corrected chi connectivity index (χ0v) is 14.4. The molecular weight excluding hydrogens is 326 g/mol. The van der Waals surface area contributed by atoms with Crippen molar-refractivity contribution in [1.82, 2.24) is 25.3 Å². The fourth-order valence-corrected chi connectivity index (χ4v) is 3.02. The van der Waals surface area contributed by atoms with Crippen LogP contribution < -0.4 is 11.0 Å². The first kappa shape index (κ1) is 16.2. The third-order valence-electron chi connectivity index (χ3n) is 4.47. The van der Waals surface area contributed by atoms with Gasteiger partial charge in [-0.2, -0.15) is 0 Å². The van der Waals surface area contributed by atoms with Gasteiger partial charge in [0, 0.05) is 30.5 Å². The van der Waals surface area contributed by atoms with Crippen LogP contribution in [0, 0.1) is 0 Å². The van der Waals surface area contributed by atoms with Crippen LogP contribution in [0.25, 0.3) is 22.2 Å². The number of aromatic amines is 2. The Kier molecular flexibility index (Phi) is 4.33. The Morgan fingerprint density at radius 2 is 1.81 bits per heavy atom. The summed E-state index contributed by atoms with van der Waals surface area (Å²) in [5.41, 5.74) is 5.89. The number of fused-ring (bicyclic) bond motifs is 1. The van der Waals surface area contributed by atoms with Gasteiger partial charge in [0.15, 0.2) is 0 Å². The molecule has 6 heteroatoms. The van der Waals surface area contributed by atoms with Gasteiger partial charge in [0.2, 0.25) is 0 Å². The number of benzene rings is 2. The summed E-state index contributed by atoms with van der Waals surface area (Å²) in [5, 5.41) is 3.53. The number of nitrogens with one attached hydrogen (secondary N) is 3. The Hall–Kier alpha value is -3.25. The predicted octanol–water partition coefficient (Wildman–Crippen LogP) is 3.16. The first-order valence-corrected chi connectivity index (χ1v) is 8.49. The molecule has 2 aromatic heterocycles. The van der Waals surface area contributed by atoms with Crippen molar-refractivity contribution < 1.29 is 0 Å². The third-order valence-corrected chi connectivity index (χ3v) is 4.47. The van der Waals surface area contributed by atoms with Crippen molar-refractivity contribution in [3.63, 3.8) is 0 Å². The van der Waals surface area contributed by atoms with E-state index in [2.05, 4.69) is 50.4 Å². The van der Waals surface area contributed by atoms with Crippen LogP contribution in [0.3, 0.4) is 0 Å². The van der Waals surface area contributed by atoms with Crippen LogP contribution in [0.4, 0.5) is 0 Å². The highest BCUT2D eigenvalue weighted by atomic mass is 16.1. The van der Waals surface area contributed by atoms with Crippen molar-refractivity contribution in [1.29, 1.82) is 0 Å². The van der Waals surface area contributed by atoms with Crippen LogP contribution in [0.15, 0.2) is 66.0 Å². The molecule has 0 radical (unpaired) electrons. The van der Waals surface area contributed by atoms with Crippen molar-refractivity contribution in [3.8, 4) is 11.1 Å². The number of H-pyrrole nitrogens is 2. The van der Waals surface area contributed by atoms with Crippen LogP contribution in [0.5, 0.6) is 0 Å². The summed E-state index contributed by atoms with van der Waals surface area (Å²) >= 11 is 0. The fraction of sp³-hybridized carbons (Fsp3) is 0.150. The van der Waals surface area contributed by atoms with E-state index < -0.39 is 0 Å². The fourth-order valence-electron chi connectivity index (χ4n) is 3.02. The molecule has 0 saturated heterocycles. The highest BCUT2D eigenvalue weighted by molar-refractivity contribution is 5.75. The summed E-state index contributed by atoms with van der Waals surface area (Å²) in [7, 11) is 0. The van der Waals surface area contributed by atoms with Gasteiger partial charge in [0.25, 0.3) is 0 Å². The van der Waals surface area contributed by atoms with E-state index >= 15 is 0 Å². The minimum absolute atomic E-state index is 0.154. The van der Waals surface area contributed by atoms with Crippen LogP contribution in [0.1, 0.15) is 24.1 Å². The van der Waals surface area contributed by atoms with Gasteiger partial charge in [0.05, 0.1) is 11.0 Å². The normalized spacial score (nSPS) is 12.3. The summed E-state index contributed by atoms with van der Waals surface area (Å²) in [6, 6.07) is 14.5. The molecule has 26 heavy (non-hydrogen) atoms. The molecule has 0 fully saturated rings. The van der Waals surface area contributed by atoms with Gasteiger partial charge in [-0.25, -0.2) is 14.8 Å². The zero-order valence-electron chi connectivity index (χ0n) is 14.4. The van der Waals surface area contributed by atoms with Crippen molar-refractivity contribution in [2.24, 2.45) is 0 Å². The average Bonchev–Trinajstić information content (AvgIpc) is 3.06. The van der Waals surface area contributed by atoms with Crippen molar-refractivity contribution in [2.45, 2.75) is 19.5 Å². The Labute approximate surface area is 150 Å². The van der Waals surface area contributed by atoms with E-state index in [1.165, 1.54) is 11.9 Å². The van der Waals surface area contributed by atoms with Gasteiger partial charge in [-0.15, -0.1) is 0 Å². The number of nitrogens with zero attached hydrogens (tertiary/aromatic N) is 2. The first-order valence-electron chi connectivity index (χ1n) is 8.49. The second-order valence-electron chi connectivity index (χ2n) is 6.31. The van der Waals surface area contributed by atoms with E-state index in [0.29, 0.717) is 0 Å². The maximum absolute atomic E-state index is 11.4. The van der Waals surface area contributed by atoms with E-state index in [9.17, 15) is 4.79 Å². The Morgan fingerprint density at radius 1 is 1.00 bits per heavy atom. The molecule has 2 heterocycles. The molecule has 0 aliphatic rings. The van der Waals surface area contributed by atoms with Crippen LogP contribution in [-0.2, 0) is 6.54 Å². The maximum Gasteiger partial charge on any atom is 0.323 e. The minimum Gasteiger partial charge on any atom is -0.306 e. The Balaban J connectivity index is 1.48. The third kappa shape index (κ3) is 3.41. The van der Waals surface area contributed by atoms with Gasteiger partial charge >= 0.3 is 5.69 Å². The van der Waals surface area contributed by atoms with Crippen LogP contribution in [0.2, 0.25) is 0 Å². The summed E-state index contributed by atoms with van der Waals surface area (Å²) in [6.45, 7) is 2.85. The Bertz CT molecular complexity index is 1080. The van der Waals surface area contributed by atoms with E-state index in [1.807, 2.05) is 36.7 Å². The molecule has 0 aliphatic heterocycles. The van der Waals surface area contributed by atoms with E-state index in [4.69, 9.17) is 0 Å². The highest BCUT2D eigenvalue weighted by Crippen LogP contribution is 2.20. The molecule has 130 valence electrons. The number of aromatic nitrogens is 4. The lowest BCUT2D eigenvalue weighted by molar-refractivity contribution is 0.575. The molecule has 0 amide bonds. The Morgan fingerprint density at radius 3 is 2.65 bits per heavy atom. The second kappa shape index (κ2) is 6.93. The van der Waals surface area contributed by atoms with Gasteiger partial charge < -0.3 is 15.3 Å². The maximum atomic E-state index is 11.4. The second-order valence-corrected chi connectivity index (χ2v) is 6.31. The van der Waals surface area contributed by atoms with Gasteiger partial charge in [-0.3, -0.25) is 0 Å². The standard InChI is InChI=1S/C20H19N5O/c1-13(15-5-6-18-19(8-15)25-20(26)24-18)23-9-14-3-2-4-16(7-14)17-10-21-12-22-11-17/h2-8,10-13,23H,9H2,1H3,(H2,24,25,26). The van der Waals surface area contributed by atoms with Crippen molar-refractivity contribution in [2.75, 3.05) is 0 Å². The predicted molar refractivity (Wildman–Crippen MR) is 102 cm³/mol. The highest BCUT2D eigenvalue weighted by Gasteiger charge is 2.08. The summed E-state index contributed by atoms with van der Waals surface area (Å²) in [5.74, 6) is 0. The van der Waals surface area contributed by atoms with E-state index in [-0.39, 0.29) is 11.7 Å². The summed E-state index contributed by atoms with van der Waals surface area (Å²) in [6.07, 6.45) is 5.16. The lowest BCUT2D eigenvalue weighted by Crippen LogP contribution is -2.18. The van der Waals surface area contributed by atoms with Crippen LogP contribution in [-0.4, -0.2) is 19.9 Å². The van der Waals surface area contributed by atoms with E-state index in [1.54, 1.807) is 0 Å². The quantitative estimate of drug-likeness (QED) is 0.518. The van der Waals surface area contributed by atoms with Gasteiger partial charge in [0.1, 0.15) is 6.33 Å². The minimum atomic E-state index is -0.181. The molecule has 4 rings (SSSR count). The SMILES string of the molecule is CC(NCc1cccc(-c2cncnc2)c1)c1ccc2[nH]c(=O)[nH]c2c1. The van der Waals surface area contributed by atoms with Crippen molar-refractivity contribution in [3.05, 3.63) is 82.8 Å². The van der Waals surface area contributed by atoms with E-state index in [0.717, 1.165) is 34.3 Å². The van der Waals surface area contributed by atoms with Crippen molar-refractivity contribution >= 4 is 11.0 Å². The zero-order chi connectivity index (χ0) is 17.9. The first-order chi connectivity index (χ1) is 12.7. The molecule has 6 nitrogen and oxygen atoms in total. The molecule has 3 N–H and O–H groups in total. The molecule has 1 atom stereocenters. The summed E-state index contributed by atoms with van der Waals surface area (Å²) in [4.78, 5) is 25.1. The molecule has 1 unspecified atom stereocenters. The molecule has 0 bridgehead atoms. The van der Waals surface area contributed by atoms with Crippen LogP contribution >= 0.6 is 0 Å².